The fourth-order valence-corrected chi connectivity index (χ4v) is 0.941. The molecule has 0 rings (SSSR count). The summed E-state index contributed by atoms with van der Waals surface area (Å²) in [6.07, 6.45) is -4.11. The summed E-state index contributed by atoms with van der Waals surface area (Å²) < 4.78 is 40.7. The van der Waals surface area contributed by atoms with Gasteiger partial charge in [-0.25, -0.2) is 0 Å². The van der Waals surface area contributed by atoms with Crippen LogP contribution in [0, 0.1) is 0 Å². The van der Waals surface area contributed by atoms with E-state index in [1.165, 1.54) is 4.90 Å². The van der Waals surface area contributed by atoms with E-state index in [1.54, 1.807) is 6.92 Å². The summed E-state index contributed by atoms with van der Waals surface area (Å²) in [5.41, 5.74) is 0. The third kappa shape index (κ3) is 8.05. The Morgan fingerprint density at radius 2 is 1.85 bits per heavy atom. The molecule has 2 nitrogen and oxygen atoms in total. The molecule has 0 aromatic heterocycles. The van der Waals surface area contributed by atoms with Crippen LogP contribution in [0.4, 0.5) is 13.2 Å². The lowest BCUT2D eigenvalue weighted by atomic mass is 10.4. The highest BCUT2D eigenvalue weighted by Crippen LogP contribution is 2.15. The van der Waals surface area contributed by atoms with Crippen molar-refractivity contribution in [3.05, 3.63) is 0 Å². The molecule has 80 valence electrons. The summed E-state index contributed by atoms with van der Waals surface area (Å²) in [4.78, 5) is 1.32. The average molecular weight is 199 g/mol. The maximum Gasteiger partial charge on any atom is 0.401 e. The molecule has 0 radical (unpaired) electrons. The lowest BCUT2D eigenvalue weighted by Crippen LogP contribution is -2.36. The van der Waals surface area contributed by atoms with E-state index in [0.717, 1.165) is 0 Å². The molecule has 0 fully saturated rings. The Morgan fingerprint density at radius 3 is 2.23 bits per heavy atom. The van der Waals surface area contributed by atoms with Crippen molar-refractivity contribution in [1.29, 1.82) is 0 Å². The third-order valence-electron chi connectivity index (χ3n) is 1.61. The van der Waals surface area contributed by atoms with Gasteiger partial charge >= 0.3 is 6.18 Å². The molecule has 0 aromatic carbocycles. The molecular formula is C8H16F3NO. The molecule has 0 saturated carbocycles. The molecule has 0 aromatic rings. The predicted octanol–water partition coefficient (Wildman–Crippen LogP) is 1.91. The van der Waals surface area contributed by atoms with Crippen LogP contribution in [0.25, 0.3) is 0 Å². The monoisotopic (exact) mass is 199 g/mol. The highest BCUT2D eigenvalue weighted by atomic mass is 19.4. The largest absolute Gasteiger partial charge is 0.401 e. The highest BCUT2D eigenvalue weighted by Gasteiger charge is 2.29. The zero-order valence-corrected chi connectivity index (χ0v) is 8.02. The second-order valence-corrected chi connectivity index (χ2v) is 2.68. The molecule has 0 unspecified atom stereocenters. The molecule has 0 N–H and O–H groups in total. The molecule has 0 aliphatic heterocycles. The minimum Gasteiger partial charge on any atom is -0.380 e. The number of nitrogens with zero attached hydrogens (tertiary/aromatic N) is 1. The van der Waals surface area contributed by atoms with Crippen LogP contribution in [-0.2, 0) is 4.74 Å². The van der Waals surface area contributed by atoms with Crippen molar-refractivity contribution < 1.29 is 17.9 Å². The molecule has 13 heavy (non-hydrogen) atoms. The number of hydrogen-bond donors (Lipinski definition) is 0. The van der Waals surface area contributed by atoms with Crippen LogP contribution in [0.1, 0.15) is 13.8 Å². The van der Waals surface area contributed by atoms with Gasteiger partial charge in [0, 0.05) is 13.2 Å². The summed E-state index contributed by atoms with van der Waals surface area (Å²) in [5, 5.41) is 0. The third-order valence-corrected chi connectivity index (χ3v) is 1.61. The summed E-state index contributed by atoms with van der Waals surface area (Å²) in [5.74, 6) is 0. The van der Waals surface area contributed by atoms with Crippen LogP contribution >= 0.6 is 0 Å². The normalized spacial score (nSPS) is 12.5. The number of likely N-dealkylation sites (N-methyl/N-ethyl adjacent to an activating group) is 1. The first-order valence-corrected chi connectivity index (χ1v) is 4.36. The zero-order valence-electron chi connectivity index (χ0n) is 8.02. The van der Waals surface area contributed by atoms with Crippen molar-refractivity contribution in [3.8, 4) is 0 Å². The van der Waals surface area contributed by atoms with Crippen molar-refractivity contribution in [2.24, 2.45) is 0 Å². The number of halogens is 3. The lowest BCUT2D eigenvalue weighted by Gasteiger charge is -2.21. The van der Waals surface area contributed by atoms with Gasteiger partial charge in [0.2, 0.25) is 0 Å². The van der Waals surface area contributed by atoms with Crippen molar-refractivity contribution in [3.63, 3.8) is 0 Å². The van der Waals surface area contributed by atoms with Gasteiger partial charge in [-0.1, -0.05) is 6.92 Å². The zero-order chi connectivity index (χ0) is 10.3. The van der Waals surface area contributed by atoms with Crippen molar-refractivity contribution in [2.45, 2.75) is 20.0 Å². The van der Waals surface area contributed by atoms with Gasteiger partial charge in [0.05, 0.1) is 13.2 Å². The first-order valence-electron chi connectivity index (χ1n) is 4.36. The minimum absolute atomic E-state index is 0.337. The topological polar surface area (TPSA) is 12.5 Å². The highest BCUT2D eigenvalue weighted by molar-refractivity contribution is 4.60. The van der Waals surface area contributed by atoms with Crippen LogP contribution in [0.15, 0.2) is 0 Å². The standard InChI is InChI=1S/C8H16F3NO/c1-3-12(5-6-13-4-2)7-8(9,10)11/h3-7H2,1-2H3. The van der Waals surface area contributed by atoms with E-state index in [1.807, 2.05) is 6.92 Å². The Hall–Kier alpha value is -0.290. The van der Waals surface area contributed by atoms with E-state index >= 15 is 0 Å². The maximum absolute atomic E-state index is 11.9. The molecule has 0 aliphatic rings. The van der Waals surface area contributed by atoms with Crippen molar-refractivity contribution in [1.82, 2.24) is 4.90 Å². The number of ether oxygens (including phenoxy) is 1. The Labute approximate surface area is 76.7 Å². The molecular weight excluding hydrogens is 183 g/mol. The quantitative estimate of drug-likeness (QED) is 0.606. The van der Waals surface area contributed by atoms with E-state index in [-0.39, 0.29) is 0 Å². The first kappa shape index (κ1) is 12.7. The molecule has 0 bridgehead atoms. The number of alkyl halides is 3. The summed E-state index contributed by atoms with van der Waals surface area (Å²) >= 11 is 0. The van der Waals surface area contributed by atoms with E-state index in [0.29, 0.717) is 26.3 Å². The Morgan fingerprint density at radius 1 is 1.23 bits per heavy atom. The minimum atomic E-state index is -4.11. The van der Waals surface area contributed by atoms with Gasteiger partial charge in [0.15, 0.2) is 0 Å². The second-order valence-electron chi connectivity index (χ2n) is 2.68. The molecule has 0 heterocycles. The van der Waals surface area contributed by atoms with Crippen LogP contribution in [0.5, 0.6) is 0 Å². The fraction of sp³-hybridized carbons (Fsp3) is 1.00. The summed E-state index contributed by atoms with van der Waals surface area (Å²) in [6, 6.07) is 0. The molecule has 0 amide bonds. The smallest absolute Gasteiger partial charge is 0.380 e. The molecule has 5 heteroatoms. The molecule has 0 spiro atoms. The summed E-state index contributed by atoms with van der Waals surface area (Å²) in [6.45, 7) is 4.31. The predicted molar refractivity (Wildman–Crippen MR) is 44.7 cm³/mol. The van der Waals surface area contributed by atoms with Gasteiger partial charge in [-0.2, -0.15) is 13.2 Å². The Balaban J connectivity index is 3.63. The van der Waals surface area contributed by atoms with Crippen LogP contribution in [0.3, 0.4) is 0 Å². The molecule has 0 saturated heterocycles. The van der Waals surface area contributed by atoms with Crippen LogP contribution < -0.4 is 0 Å². The Kier molecular flexibility index (Phi) is 6.07. The van der Waals surface area contributed by atoms with Crippen LogP contribution in [-0.4, -0.2) is 43.9 Å². The maximum atomic E-state index is 11.9. The van der Waals surface area contributed by atoms with Crippen molar-refractivity contribution >= 4 is 0 Å². The molecule has 0 atom stereocenters. The summed E-state index contributed by atoms with van der Waals surface area (Å²) in [7, 11) is 0. The Bertz CT molecular complexity index is 127. The van der Waals surface area contributed by atoms with E-state index in [4.69, 9.17) is 4.74 Å². The second kappa shape index (κ2) is 6.21. The fourth-order valence-electron chi connectivity index (χ4n) is 0.941. The van der Waals surface area contributed by atoms with Gasteiger partial charge in [0.1, 0.15) is 0 Å². The van der Waals surface area contributed by atoms with E-state index in [2.05, 4.69) is 0 Å². The van der Waals surface area contributed by atoms with Crippen molar-refractivity contribution in [2.75, 3.05) is 32.8 Å². The first-order chi connectivity index (χ1) is 5.99. The van der Waals surface area contributed by atoms with Gasteiger partial charge in [-0.05, 0) is 13.5 Å². The van der Waals surface area contributed by atoms with E-state index in [9.17, 15) is 13.2 Å². The van der Waals surface area contributed by atoms with Gasteiger partial charge in [-0.15, -0.1) is 0 Å². The van der Waals surface area contributed by atoms with Gasteiger partial charge in [0.25, 0.3) is 0 Å². The van der Waals surface area contributed by atoms with E-state index < -0.39 is 12.7 Å². The van der Waals surface area contributed by atoms with Gasteiger partial charge < -0.3 is 4.74 Å². The average Bonchev–Trinajstić information content (AvgIpc) is 2.01. The number of hydrogen-bond acceptors (Lipinski definition) is 2. The lowest BCUT2D eigenvalue weighted by molar-refractivity contribution is -0.146. The number of rotatable bonds is 6. The van der Waals surface area contributed by atoms with Crippen LogP contribution in [0.2, 0.25) is 0 Å². The molecule has 0 aliphatic carbocycles. The van der Waals surface area contributed by atoms with Gasteiger partial charge in [-0.3, -0.25) is 4.90 Å². The SMILES string of the molecule is CCOCCN(CC)CC(F)(F)F.